The first-order valence-corrected chi connectivity index (χ1v) is 4.14. The molecule has 0 fully saturated rings. The van der Waals surface area contributed by atoms with E-state index in [1.54, 1.807) is 24.3 Å². The molecule has 74 valence electrons. The Hall–Kier alpha value is -1.84. The van der Waals surface area contributed by atoms with Crippen molar-refractivity contribution < 1.29 is 14.3 Å². The van der Waals surface area contributed by atoms with E-state index in [1.165, 1.54) is 14.0 Å². The maximum Gasteiger partial charge on any atom is 0.412 e. The molecule has 4 nitrogen and oxygen atoms in total. The molecule has 0 aliphatic carbocycles. The Morgan fingerprint density at radius 3 is 2.50 bits per heavy atom. The van der Waals surface area contributed by atoms with E-state index in [1.807, 2.05) is 0 Å². The summed E-state index contributed by atoms with van der Waals surface area (Å²) < 4.78 is 4.89. The number of amides is 1. The zero-order valence-electron chi connectivity index (χ0n) is 8.03. The molecule has 0 bridgehead atoms. The first kappa shape index (κ1) is 10.2. The molecule has 0 spiro atoms. The normalized spacial score (nSPS) is 9.29. The van der Waals surface area contributed by atoms with Crippen LogP contribution >= 0.6 is 0 Å². The van der Waals surface area contributed by atoms with Gasteiger partial charge in [-0.3, -0.25) is 4.79 Å². The number of carbonyl (C=O) groups excluding carboxylic acids is 2. The highest BCUT2D eigenvalue weighted by molar-refractivity contribution is 5.97. The molecular weight excluding hydrogens is 182 g/mol. The summed E-state index contributed by atoms with van der Waals surface area (Å²) in [4.78, 5) is 22.0. The Labute approximate surface area is 81.9 Å². The van der Waals surface area contributed by atoms with Gasteiger partial charge in [0.05, 0.1) is 5.56 Å². The second-order valence-corrected chi connectivity index (χ2v) is 2.69. The van der Waals surface area contributed by atoms with Crippen LogP contribution in [0.25, 0.3) is 0 Å². The van der Waals surface area contributed by atoms with Gasteiger partial charge in [0.25, 0.3) is 0 Å². The number of rotatable bonds is 2. The quantitative estimate of drug-likeness (QED) is 0.726. The predicted octanol–water partition coefficient (Wildman–Crippen LogP) is 1.61. The smallest absolute Gasteiger partial charge is 0.410 e. The van der Waals surface area contributed by atoms with Gasteiger partial charge in [0.2, 0.25) is 0 Å². The molecule has 0 aliphatic heterocycles. The third-order valence-electron chi connectivity index (χ3n) is 1.67. The summed E-state index contributed by atoms with van der Waals surface area (Å²) in [7, 11) is 1.46. The summed E-state index contributed by atoms with van der Waals surface area (Å²) in [5.41, 5.74) is 0.399. The zero-order valence-corrected chi connectivity index (χ0v) is 8.03. The van der Waals surface area contributed by atoms with Gasteiger partial charge in [0.1, 0.15) is 5.75 Å². The average Bonchev–Trinajstić information content (AvgIpc) is 2.18. The van der Waals surface area contributed by atoms with E-state index in [4.69, 9.17) is 4.74 Å². The lowest BCUT2D eigenvalue weighted by Gasteiger charge is -2.06. The Morgan fingerprint density at radius 2 is 1.93 bits per heavy atom. The third-order valence-corrected chi connectivity index (χ3v) is 1.67. The van der Waals surface area contributed by atoms with Gasteiger partial charge in [-0.05, 0) is 19.1 Å². The van der Waals surface area contributed by atoms with Gasteiger partial charge >= 0.3 is 6.09 Å². The van der Waals surface area contributed by atoms with Crippen LogP contribution in [0.3, 0.4) is 0 Å². The number of benzene rings is 1. The number of nitrogens with one attached hydrogen (secondary N) is 1. The highest BCUT2D eigenvalue weighted by Crippen LogP contribution is 2.18. The number of hydrogen-bond donors (Lipinski definition) is 1. The molecular formula is C10H11NO3. The van der Waals surface area contributed by atoms with Crippen LogP contribution in [-0.4, -0.2) is 18.9 Å². The van der Waals surface area contributed by atoms with Crippen molar-refractivity contribution >= 4 is 11.9 Å². The first-order valence-electron chi connectivity index (χ1n) is 4.14. The molecule has 0 heterocycles. The molecule has 1 aromatic carbocycles. The fourth-order valence-corrected chi connectivity index (χ4v) is 0.997. The van der Waals surface area contributed by atoms with Crippen molar-refractivity contribution in [3.63, 3.8) is 0 Å². The molecule has 1 rings (SSSR count). The average molecular weight is 193 g/mol. The van der Waals surface area contributed by atoms with Crippen molar-refractivity contribution in [2.45, 2.75) is 6.92 Å². The van der Waals surface area contributed by atoms with E-state index in [0.29, 0.717) is 5.56 Å². The van der Waals surface area contributed by atoms with Gasteiger partial charge in [-0.1, -0.05) is 12.1 Å². The maximum atomic E-state index is 11.1. The third kappa shape index (κ3) is 2.32. The van der Waals surface area contributed by atoms with Crippen LogP contribution in [0.15, 0.2) is 24.3 Å². The lowest BCUT2D eigenvalue weighted by atomic mass is 10.1. The molecule has 0 radical (unpaired) electrons. The Bertz CT molecular complexity index is 360. The lowest BCUT2D eigenvalue weighted by Crippen LogP contribution is -2.22. The van der Waals surface area contributed by atoms with E-state index in [2.05, 4.69) is 5.32 Å². The molecule has 0 atom stereocenters. The highest BCUT2D eigenvalue weighted by atomic mass is 16.6. The zero-order chi connectivity index (χ0) is 10.6. The van der Waals surface area contributed by atoms with Crippen LogP contribution in [0, 0.1) is 0 Å². The van der Waals surface area contributed by atoms with Crippen molar-refractivity contribution in [2.75, 3.05) is 7.05 Å². The second-order valence-electron chi connectivity index (χ2n) is 2.69. The Morgan fingerprint density at radius 1 is 1.29 bits per heavy atom. The summed E-state index contributed by atoms with van der Waals surface area (Å²) in [5, 5.41) is 2.31. The van der Waals surface area contributed by atoms with Crippen LogP contribution in [-0.2, 0) is 0 Å². The number of ketones is 1. The lowest BCUT2D eigenvalue weighted by molar-refractivity contribution is 0.101. The van der Waals surface area contributed by atoms with Crippen molar-refractivity contribution in [3.8, 4) is 5.75 Å². The maximum absolute atomic E-state index is 11.1. The monoisotopic (exact) mass is 193 g/mol. The molecule has 0 aliphatic rings. The molecule has 0 unspecified atom stereocenters. The van der Waals surface area contributed by atoms with E-state index < -0.39 is 6.09 Å². The molecule has 0 saturated carbocycles. The minimum Gasteiger partial charge on any atom is -0.410 e. The second kappa shape index (κ2) is 4.41. The SMILES string of the molecule is CNC(=O)Oc1ccccc1C(C)=O. The summed E-state index contributed by atoms with van der Waals surface area (Å²) in [6.45, 7) is 1.42. The van der Waals surface area contributed by atoms with E-state index in [0.717, 1.165) is 0 Å². The fourth-order valence-electron chi connectivity index (χ4n) is 0.997. The van der Waals surface area contributed by atoms with Crippen LogP contribution in [0.2, 0.25) is 0 Å². The molecule has 0 aromatic heterocycles. The van der Waals surface area contributed by atoms with Crippen molar-refractivity contribution in [1.29, 1.82) is 0 Å². The van der Waals surface area contributed by atoms with Crippen LogP contribution in [0.1, 0.15) is 17.3 Å². The first-order chi connectivity index (χ1) is 6.65. The van der Waals surface area contributed by atoms with Crippen LogP contribution in [0.5, 0.6) is 5.75 Å². The minimum atomic E-state index is -0.585. The summed E-state index contributed by atoms with van der Waals surface area (Å²) in [6.07, 6.45) is -0.585. The molecule has 1 aromatic rings. The summed E-state index contributed by atoms with van der Waals surface area (Å²) >= 11 is 0. The van der Waals surface area contributed by atoms with Gasteiger partial charge < -0.3 is 10.1 Å². The minimum absolute atomic E-state index is 0.135. The summed E-state index contributed by atoms with van der Waals surface area (Å²) in [5.74, 6) is 0.142. The molecule has 1 N–H and O–H groups in total. The summed E-state index contributed by atoms with van der Waals surface area (Å²) in [6, 6.07) is 6.60. The molecule has 1 amide bonds. The predicted molar refractivity (Wildman–Crippen MR) is 51.5 cm³/mol. The van der Waals surface area contributed by atoms with Gasteiger partial charge in [0, 0.05) is 7.05 Å². The molecule has 0 saturated heterocycles. The number of ether oxygens (including phenoxy) is 1. The number of carbonyl (C=O) groups is 2. The van der Waals surface area contributed by atoms with E-state index in [9.17, 15) is 9.59 Å². The van der Waals surface area contributed by atoms with Crippen LogP contribution < -0.4 is 10.1 Å². The van der Waals surface area contributed by atoms with Gasteiger partial charge in [-0.2, -0.15) is 0 Å². The van der Waals surface area contributed by atoms with Gasteiger partial charge in [-0.15, -0.1) is 0 Å². The number of Topliss-reactive ketones (excluding diaryl/α,β-unsaturated/α-hetero) is 1. The van der Waals surface area contributed by atoms with Crippen molar-refractivity contribution in [3.05, 3.63) is 29.8 Å². The Balaban J connectivity index is 2.95. The Kier molecular flexibility index (Phi) is 3.23. The highest BCUT2D eigenvalue weighted by Gasteiger charge is 2.09. The largest absolute Gasteiger partial charge is 0.412 e. The van der Waals surface area contributed by atoms with E-state index >= 15 is 0 Å². The molecule has 4 heteroatoms. The number of hydrogen-bond acceptors (Lipinski definition) is 3. The van der Waals surface area contributed by atoms with Crippen molar-refractivity contribution in [1.82, 2.24) is 5.32 Å². The molecule has 14 heavy (non-hydrogen) atoms. The fraction of sp³-hybridized carbons (Fsp3) is 0.200. The standard InChI is InChI=1S/C10H11NO3/c1-7(12)8-5-3-4-6-9(8)14-10(13)11-2/h3-6H,1-2H3,(H,11,13). The number of para-hydroxylation sites is 1. The van der Waals surface area contributed by atoms with Crippen molar-refractivity contribution in [2.24, 2.45) is 0 Å². The van der Waals surface area contributed by atoms with Gasteiger partial charge in [-0.25, -0.2) is 4.79 Å². The topological polar surface area (TPSA) is 55.4 Å². The van der Waals surface area contributed by atoms with Crippen LogP contribution in [0.4, 0.5) is 4.79 Å². The van der Waals surface area contributed by atoms with Gasteiger partial charge in [0.15, 0.2) is 5.78 Å². The van der Waals surface area contributed by atoms with E-state index in [-0.39, 0.29) is 11.5 Å².